The summed E-state index contributed by atoms with van der Waals surface area (Å²) in [7, 11) is 0. The molecule has 122 valence electrons. The Balaban J connectivity index is 1.58. The third-order valence-corrected chi connectivity index (χ3v) is 6.14. The highest BCUT2D eigenvalue weighted by Crippen LogP contribution is 2.56. The molecule has 2 aromatic heterocycles. The first-order valence-corrected chi connectivity index (χ1v) is 9.37. The summed E-state index contributed by atoms with van der Waals surface area (Å²) in [5, 5.41) is 8.19. The van der Waals surface area contributed by atoms with Crippen LogP contribution in [0, 0.1) is 5.41 Å². The quantitative estimate of drug-likeness (QED) is 0.887. The molecular formula is C17H20ClN3OS. The smallest absolute Gasteiger partial charge is 0.270 e. The van der Waals surface area contributed by atoms with Crippen molar-refractivity contribution < 1.29 is 4.79 Å². The Morgan fingerprint density at radius 3 is 2.91 bits per heavy atom. The molecule has 4 nitrogen and oxygen atoms in total. The van der Waals surface area contributed by atoms with Crippen LogP contribution in [0.2, 0.25) is 5.02 Å². The van der Waals surface area contributed by atoms with E-state index in [2.05, 4.69) is 32.0 Å². The molecule has 1 saturated heterocycles. The molecule has 3 heterocycles. The SMILES string of the molecule is O=C(c1cc(Cl)c[nH]1)N(Cc1ccsc1)C1CC12CCNCC2. The van der Waals surface area contributed by atoms with Crippen molar-refractivity contribution in [1.29, 1.82) is 0 Å². The first-order chi connectivity index (χ1) is 11.2. The number of carbonyl (C=O) groups is 1. The van der Waals surface area contributed by atoms with Crippen molar-refractivity contribution in [3.8, 4) is 0 Å². The Kier molecular flexibility index (Phi) is 3.95. The average Bonchev–Trinajstić information content (AvgIpc) is 2.97. The van der Waals surface area contributed by atoms with Gasteiger partial charge in [0.05, 0.1) is 5.02 Å². The van der Waals surface area contributed by atoms with Crippen molar-refractivity contribution >= 4 is 28.8 Å². The second-order valence-electron chi connectivity index (χ2n) is 6.63. The minimum atomic E-state index is 0.0588. The number of rotatable bonds is 4. The summed E-state index contributed by atoms with van der Waals surface area (Å²) < 4.78 is 0. The van der Waals surface area contributed by atoms with E-state index in [1.54, 1.807) is 23.6 Å². The normalized spacial score (nSPS) is 22.2. The minimum absolute atomic E-state index is 0.0588. The maximum absolute atomic E-state index is 13.0. The summed E-state index contributed by atoms with van der Waals surface area (Å²) in [5.74, 6) is 0.0588. The molecule has 0 aromatic carbocycles. The molecule has 1 aliphatic carbocycles. The van der Waals surface area contributed by atoms with Crippen LogP contribution in [0.1, 0.15) is 35.3 Å². The van der Waals surface area contributed by atoms with Crippen LogP contribution < -0.4 is 5.32 Å². The fourth-order valence-electron chi connectivity index (χ4n) is 3.78. The molecule has 2 aromatic rings. The number of carbonyl (C=O) groups excluding carboxylic acids is 1. The van der Waals surface area contributed by atoms with Crippen molar-refractivity contribution in [2.75, 3.05) is 13.1 Å². The molecule has 23 heavy (non-hydrogen) atoms. The summed E-state index contributed by atoms with van der Waals surface area (Å²) in [6, 6.07) is 4.17. The Bertz CT molecular complexity index is 691. The van der Waals surface area contributed by atoms with E-state index in [4.69, 9.17) is 11.6 Å². The number of H-pyrrole nitrogens is 1. The number of piperidine rings is 1. The van der Waals surface area contributed by atoms with Gasteiger partial charge < -0.3 is 15.2 Å². The van der Waals surface area contributed by atoms with Crippen LogP contribution in [0.4, 0.5) is 0 Å². The Morgan fingerprint density at radius 1 is 1.43 bits per heavy atom. The van der Waals surface area contributed by atoms with E-state index >= 15 is 0 Å². The molecule has 1 amide bonds. The summed E-state index contributed by atoms with van der Waals surface area (Å²) in [5.41, 5.74) is 2.12. The number of hydrogen-bond acceptors (Lipinski definition) is 3. The number of amides is 1. The summed E-state index contributed by atoms with van der Waals surface area (Å²) in [4.78, 5) is 18.1. The van der Waals surface area contributed by atoms with Crippen molar-refractivity contribution in [2.24, 2.45) is 5.41 Å². The zero-order chi connectivity index (χ0) is 15.9. The Hall–Kier alpha value is -1.30. The van der Waals surface area contributed by atoms with Crippen molar-refractivity contribution in [2.45, 2.75) is 31.8 Å². The fourth-order valence-corrected chi connectivity index (χ4v) is 4.60. The molecule has 0 bridgehead atoms. The zero-order valence-electron chi connectivity index (χ0n) is 12.8. The number of nitrogens with one attached hydrogen (secondary N) is 2. The molecule has 1 unspecified atom stereocenters. The second-order valence-corrected chi connectivity index (χ2v) is 7.84. The van der Waals surface area contributed by atoms with Crippen molar-refractivity contribution in [3.63, 3.8) is 0 Å². The molecular weight excluding hydrogens is 330 g/mol. The average molecular weight is 350 g/mol. The first kappa shape index (κ1) is 15.2. The van der Waals surface area contributed by atoms with Gasteiger partial charge in [-0.3, -0.25) is 4.79 Å². The molecule has 2 aliphatic rings. The Labute approximate surface area is 144 Å². The van der Waals surface area contributed by atoms with Crippen molar-refractivity contribution in [3.05, 3.63) is 45.4 Å². The van der Waals surface area contributed by atoms with Crippen molar-refractivity contribution in [1.82, 2.24) is 15.2 Å². The topological polar surface area (TPSA) is 48.1 Å². The first-order valence-electron chi connectivity index (χ1n) is 8.05. The minimum Gasteiger partial charge on any atom is -0.356 e. The van der Waals surface area contributed by atoms with Gasteiger partial charge in [0, 0.05) is 18.8 Å². The molecule has 0 radical (unpaired) electrons. The lowest BCUT2D eigenvalue weighted by Crippen LogP contribution is -2.39. The molecule has 2 fully saturated rings. The highest BCUT2D eigenvalue weighted by atomic mass is 35.5. The molecule has 2 N–H and O–H groups in total. The van der Waals surface area contributed by atoms with Gasteiger partial charge in [-0.05, 0) is 66.2 Å². The van der Waals surface area contributed by atoms with E-state index in [9.17, 15) is 4.79 Å². The maximum Gasteiger partial charge on any atom is 0.270 e. The van der Waals surface area contributed by atoms with Crippen LogP contribution in [-0.4, -0.2) is 34.9 Å². The number of thiophene rings is 1. The number of aromatic nitrogens is 1. The standard InChI is InChI=1S/C17H20ClN3OS/c18-13-7-14(20-9-13)16(22)21(10-12-1-6-23-11-12)15-8-17(15)2-4-19-5-3-17/h1,6-7,9,11,15,19-20H,2-5,8,10H2. The summed E-state index contributed by atoms with van der Waals surface area (Å²) >= 11 is 7.66. The van der Waals surface area contributed by atoms with Crippen LogP contribution in [-0.2, 0) is 6.54 Å². The van der Waals surface area contributed by atoms with Crippen LogP contribution in [0.3, 0.4) is 0 Å². The fraction of sp³-hybridized carbons (Fsp3) is 0.471. The van der Waals surface area contributed by atoms with Gasteiger partial charge in [-0.2, -0.15) is 11.3 Å². The van der Waals surface area contributed by atoms with Gasteiger partial charge in [0.2, 0.25) is 0 Å². The summed E-state index contributed by atoms with van der Waals surface area (Å²) in [6.07, 6.45) is 5.12. The maximum atomic E-state index is 13.0. The van der Waals surface area contributed by atoms with E-state index < -0.39 is 0 Å². The molecule has 1 atom stereocenters. The van der Waals surface area contributed by atoms with E-state index in [0.29, 0.717) is 28.7 Å². The van der Waals surface area contributed by atoms with Gasteiger partial charge >= 0.3 is 0 Å². The number of halogens is 1. The zero-order valence-corrected chi connectivity index (χ0v) is 14.4. The summed E-state index contributed by atoms with van der Waals surface area (Å²) in [6.45, 7) is 2.80. The number of nitrogens with zero attached hydrogens (tertiary/aromatic N) is 1. The monoisotopic (exact) mass is 349 g/mol. The largest absolute Gasteiger partial charge is 0.356 e. The molecule has 4 rings (SSSR count). The third-order valence-electron chi connectivity index (χ3n) is 5.19. The highest BCUT2D eigenvalue weighted by Gasteiger charge is 2.57. The molecule has 1 spiro atoms. The lowest BCUT2D eigenvalue weighted by molar-refractivity contribution is 0.0687. The van der Waals surface area contributed by atoms with Gasteiger partial charge in [0.1, 0.15) is 5.69 Å². The van der Waals surface area contributed by atoms with Crippen LogP contribution in [0.5, 0.6) is 0 Å². The highest BCUT2D eigenvalue weighted by molar-refractivity contribution is 7.07. The lowest BCUT2D eigenvalue weighted by atomic mass is 9.93. The number of aromatic amines is 1. The predicted molar refractivity (Wildman–Crippen MR) is 92.9 cm³/mol. The van der Waals surface area contributed by atoms with E-state index in [-0.39, 0.29) is 5.91 Å². The van der Waals surface area contributed by atoms with Gasteiger partial charge in [0.25, 0.3) is 5.91 Å². The van der Waals surface area contributed by atoms with Crippen LogP contribution in [0.15, 0.2) is 29.1 Å². The van der Waals surface area contributed by atoms with Gasteiger partial charge in [-0.25, -0.2) is 0 Å². The van der Waals surface area contributed by atoms with E-state index in [1.165, 1.54) is 5.56 Å². The van der Waals surface area contributed by atoms with Gasteiger partial charge in [0.15, 0.2) is 0 Å². The van der Waals surface area contributed by atoms with E-state index in [1.807, 2.05) is 0 Å². The van der Waals surface area contributed by atoms with Crippen LogP contribution >= 0.6 is 22.9 Å². The number of hydrogen-bond donors (Lipinski definition) is 2. The molecule has 1 saturated carbocycles. The van der Waals surface area contributed by atoms with Crippen LogP contribution in [0.25, 0.3) is 0 Å². The van der Waals surface area contributed by atoms with Gasteiger partial charge in [-0.1, -0.05) is 11.6 Å². The van der Waals surface area contributed by atoms with E-state index in [0.717, 1.165) is 32.4 Å². The van der Waals surface area contributed by atoms with Gasteiger partial charge in [-0.15, -0.1) is 0 Å². The molecule has 1 aliphatic heterocycles. The second kappa shape index (κ2) is 5.96. The Morgan fingerprint density at radius 2 is 2.26 bits per heavy atom. The predicted octanol–water partition coefficient (Wildman–Crippen LogP) is 3.51. The molecule has 6 heteroatoms. The third kappa shape index (κ3) is 2.93. The lowest BCUT2D eigenvalue weighted by Gasteiger charge is -2.29.